The van der Waals surface area contributed by atoms with Crippen LogP contribution in [0.3, 0.4) is 0 Å². The van der Waals surface area contributed by atoms with E-state index < -0.39 is 11.4 Å². The van der Waals surface area contributed by atoms with Crippen LogP contribution in [-0.4, -0.2) is 39.5 Å². The van der Waals surface area contributed by atoms with Crippen LogP contribution >= 0.6 is 0 Å². The maximum absolute atomic E-state index is 12.8. The SMILES string of the molecule is O=C(Cn1ccc(=O)c2ccccc21)N1C[C@@H]2CCC[C@@]2(C(=O)O)C1. The first-order valence-electron chi connectivity index (χ1n) is 8.61. The fourth-order valence-corrected chi connectivity index (χ4v) is 4.47. The molecule has 130 valence electrons. The number of hydrogen-bond donors (Lipinski definition) is 1. The van der Waals surface area contributed by atoms with Crippen molar-refractivity contribution >= 4 is 22.8 Å². The van der Waals surface area contributed by atoms with Crippen molar-refractivity contribution in [3.05, 3.63) is 46.8 Å². The summed E-state index contributed by atoms with van der Waals surface area (Å²) in [5.74, 6) is -0.817. The third kappa shape index (κ3) is 2.44. The lowest BCUT2D eigenvalue weighted by atomic mass is 9.81. The van der Waals surface area contributed by atoms with E-state index >= 15 is 0 Å². The molecule has 1 saturated heterocycles. The van der Waals surface area contributed by atoms with Crippen LogP contribution in [0.2, 0.25) is 0 Å². The average molecular weight is 340 g/mol. The van der Waals surface area contributed by atoms with Gasteiger partial charge in [-0.1, -0.05) is 18.6 Å². The number of rotatable bonds is 3. The summed E-state index contributed by atoms with van der Waals surface area (Å²) in [6.07, 6.45) is 4.07. The molecule has 0 radical (unpaired) electrons. The second-order valence-corrected chi connectivity index (χ2v) is 7.15. The van der Waals surface area contributed by atoms with E-state index in [1.165, 1.54) is 6.07 Å². The molecule has 1 aromatic carbocycles. The van der Waals surface area contributed by atoms with Crippen LogP contribution in [0.4, 0.5) is 0 Å². The molecule has 2 aliphatic rings. The Bertz CT molecular complexity index is 919. The van der Waals surface area contributed by atoms with E-state index in [0.717, 1.165) is 18.4 Å². The summed E-state index contributed by atoms with van der Waals surface area (Å²) in [7, 11) is 0. The number of hydrogen-bond acceptors (Lipinski definition) is 3. The van der Waals surface area contributed by atoms with Gasteiger partial charge in [0.25, 0.3) is 0 Å². The smallest absolute Gasteiger partial charge is 0.311 e. The first kappa shape index (κ1) is 15.9. The number of benzene rings is 1. The van der Waals surface area contributed by atoms with E-state index in [2.05, 4.69) is 0 Å². The number of carbonyl (C=O) groups is 2. The molecule has 2 heterocycles. The molecule has 1 amide bonds. The fourth-order valence-electron chi connectivity index (χ4n) is 4.47. The molecule has 0 spiro atoms. The lowest BCUT2D eigenvalue weighted by Gasteiger charge is -2.23. The van der Waals surface area contributed by atoms with Crippen molar-refractivity contribution in [2.24, 2.45) is 11.3 Å². The molecule has 0 unspecified atom stereocenters. The van der Waals surface area contributed by atoms with Gasteiger partial charge in [0.2, 0.25) is 5.91 Å². The van der Waals surface area contributed by atoms with Gasteiger partial charge in [0.05, 0.1) is 10.9 Å². The number of carboxylic acid groups (broad SMARTS) is 1. The molecular formula is C19H20N2O4. The summed E-state index contributed by atoms with van der Waals surface area (Å²) in [5.41, 5.74) is -0.114. The molecule has 1 aromatic heterocycles. The Balaban J connectivity index is 1.59. The number of carbonyl (C=O) groups excluding carboxylic acids is 1. The number of para-hydroxylation sites is 1. The quantitative estimate of drug-likeness (QED) is 0.922. The molecule has 25 heavy (non-hydrogen) atoms. The highest BCUT2D eigenvalue weighted by Crippen LogP contribution is 2.48. The van der Waals surface area contributed by atoms with E-state index in [9.17, 15) is 19.5 Å². The van der Waals surface area contributed by atoms with Crippen LogP contribution in [0.15, 0.2) is 41.3 Å². The maximum Gasteiger partial charge on any atom is 0.311 e. The summed E-state index contributed by atoms with van der Waals surface area (Å²) >= 11 is 0. The minimum Gasteiger partial charge on any atom is -0.481 e. The van der Waals surface area contributed by atoms with Gasteiger partial charge in [0, 0.05) is 30.7 Å². The lowest BCUT2D eigenvalue weighted by molar-refractivity contribution is -0.149. The van der Waals surface area contributed by atoms with Crippen molar-refractivity contribution in [2.45, 2.75) is 25.8 Å². The Hall–Kier alpha value is -2.63. The van der Waals surface area contributed by atoms with Gasteiger partial charge in [-0.3, -0.25) is 14.4 Å². The molecule has 1 aliphatic heterocycles. The second-order valence-electron chi connectivity index (χ2n) is 7.15. The maximum atomic E-state index is 12.8. The van der Waals surface area contributed by atoms with Gasteiger partial charge in [0.1, 0.15) is 6.54 Å². The Kier molecular flexibility index (Phi) is 3.63. The third-order valence-corrected chi connectivity index (χ3v) is 5.84. The van der Waals surface area contributed by atoms with E-state index in [1.807, 2.05) is 12.1 Å². The number of likely N-dealkylation sites (tertiary alicyclic amines) is 1. The number of aliphatic carboxylic acids is 1. The van der Waals surface area contributed by atoms with Crippen LogP contribution in [-0.2, 0) is 16.1 Å². The van der Waals surface area contributed by atoms with E-state index in [-0.39, 0.29) is 23.8 Å². The summed E-state index contributed by atoms with van der Waals surface area (Å²) in [4.78, 5) is 38.2. The molecule has 0 bridgehead atoms. The zero-order chi connectivity index (χ0) is 17.6. The van der Waals surface area contributed by atoms with E-state index in [1.54, 1.807) is 27.8 Å². The number of carboxylic acids is 1. The molecule has 6 nitrogen and oxygen atoms in total. The largest absolute Gasteiger partial charge is 0.481 e. The predicted molar refractivity (Wildman–Crippen MR) is 92.2 cm³/mol. The van der Waals surface area contributed by atoms with Gasteiger partial charge in [0.15, 0.2) is 5.43 Å². The highest BCUT2D eigenvalue weighted by atomic mass is 16.4. The number of amides is 1. The predicted octanol–water partition coefficient (Wildman–Crippen LogP) is 1.71. The Morgan fingerprint density at radius 1 is 1.24 bits per heavy atom. The minimum absolute atomic E-state index is 0.0553. The Labute approximate surface area is 144 Å². The molecule has 2 aromatic rings. The van der Waals surface area contributed by atoms with Crippen molar-refractivity contribution in [3.8, 4) is 0 Å². The first-order chi connectivity index (χ1) is 12.0. The fraction of sp³-hybridized carbons (Fsp3) is 0.421. The molecule has 4 rings (SSSR count). The van der Waals surface area contributed by atoms with Crippen molar-refractivity contribution in [2.75, 3.05) is 13.1 Å². The Morgan fingerprint density at radius 2 is 2.04 bits per heavy atom. The van der Waals surface area contributed by atoms with Crippen molar-refractivity contribution in [1.29, 1.82) is 0 Å². The molecule has 2 fully saturated rings. The van der Waals surface area contributed by atoms with Gasteiger partial charge in [-0.25, -0.2) is 0 Å². The molecule has 1 aliphatic carbocycles. The van der Waals surface area contributed by atoms with Crippen LogP contribution < -0.4 is 5.43 Å². The highest BCUT2D eigenvalue weighted by Gasteiger charge is 2.55. The number of nitrogens with zero attached hydrogens (tertiary/aromatic N) is 2. The third-order valence-electron chi connectivity index (χ3n) is 5.84. The molecule has 1 N–H and O–H groups in total. The van der Waals surface area contributed by atoms with E-state index in [0.29, 0.717) is 24.9 Å². The molecular weight excluding hydrogens is 320 g/mol. The standard InChI is InChI=1S/C19H20N2O4/c22-16-7-9-20(15-6-2-1-5-14(15)16)11-17(23)21-10-13-4-3-8-19(13,12-21)18(24)25/h1-2,5-7,9,13H,3-4,8,10-12H2,(H,24,25)/t13-,19+/m0/s1. The van der Waals surface area contributed by atoms with Gasteiger partial charge in [-0.15, -0.1) is 0 Å². The highest BCUT2D eigenvalue weighted by molar-refractivity contribution is 5.84. The number of fused-ring (bicyclic) bond motifs is 2. The topological polar surface area (TPSA) is 79.6 Å². The first-order valence-corrected chi connectivity index (χ1v) is 8.61. The second kappa shape index (κ2) is 5.72. The molecule has 1 saturated carbocycles. The molecule has 6 heteroatoms. The summed E-state index contributed by atoms with van der Waals surface area (Å²) in [6.45, 7) is 0.927. The van der Waals surface area contributed by atoms with Crippen molar-refractivity contribution < 1.29 is 14.7 Å². The van der Waals surface area contributed by atoms with Crippen LogP contribution in [0.25, 0.3) is 10.9 Å². The zero-order valence-corrected chi connectivity index (χ0v) is 13.9. The lowest BCUT2D eigenvalue weighted by Crippen LogP contribution is -2.38. The van der Waals surface area contributed by atoms with Gasteiger partial charge < -0.3 is 14.6 Å². The normalized spacial score (nSPS) is 25.3. The molecule has 2 atom stereocenters. The summed E-state index contributed by atoms with van der Waals surface area (Å²) < 4.78 is 1.76. The van der Waals surface area contributed by atoms with E-state index in [4.69, 9.17) is 0 Å². The number of pyridine rings is 1. The van der Waals surface area contributed by atoms with Gasteiger partial charge in [-0.2, -0.15) is 0 Å². The number of aromatic nitrogens is 1. The van der Waals surface area contributed by atoms with Gasteiger partial charge >= 0.3 is 5.97 Å². The summed E-state index contributed by atoms with van der Waals surface area (Å²) in [6, 6.07) is 8.67. The van der Waals surface area contributed by atoms with Crippen LogP contribution in [0, 0.1) is 11.3 Å². The monoisotopic (exact) mass is 340 g/mol. The average Bonchev–Trinajstić information content (AvgIpc) is 3.16. The zero-order valence-electron chi connectivity index (χ0n) is 13.9. The van der Waals surface area contributed by atoms with Crippen LogP contribution in [0.1, 0.15) is 19.3 Å². The van der Waals surface area contributed by atoms with Crippen molar-refractivity contribution in [1.82, 2.24) is 9.47 Å². The van der Waals surface area contributed by atoms with Crippen molar-refractivity contribution in [3.63, 3.8) is 0 Å². The Morgan fingerprint density at radius 3 is 2.80 bits per heavy atom. The summed E-state index contributed by atoms with van der Waals surface area (Å²) in [5, 5.41) is 10.2. The minimum atomic E-state index is -0.779. The van der Waals surface area contributed by atoms with Crippen LogP contribution in [0.5, 0.6) is 0 Å². The van der Waals surface area contributed by atoms with Gasteiger partial charge in [-0.05, 0) is 30.9 Å².